The summed E-state index contributed by atoms with van der Waals surface area (Å²) in [4.78, 5) is 0. The summed E-state index contributed by atoms with van der Waals surface area (Å²) < 4.78 is 23.9. The minimum Gasteiger partial charge on any atom is -0.485 e. The summed E-state index contributed by atoms with van der Waals surface area (Å²) in [5, 5.41) is 0. The highest BCUT2D eigenvalue weighted by atomic mass is 16.6. The zero-order valence-corrected chi connectivity index (χ0v) is 14.3. The lowest BCUT2D eigenvalue weighted by Crippen LogP contribution is -2.35. The first-order valence-electron chi connectivity index (χ1n) is 8.62. The van der Waals surface area contributed by atoms with E-state index in [1.807, 2.05) is 43.3 Å². The van der Waals surface area contributed by atoms with Crippen LogP contribution in [0.2, 0.25) is 0 Å². The lowest BCUT2D eigenvalue weighted by atomic mass is 10.1. The van der Waals surface area contributed by atoms with Gasteiger partial charge in [-0.15, -0.1) is 0 Å². The predicted octanol–water partition coefficient (Wildman–Crippen LogP) is 2.71. The van der Waals surface area contributed by atoms with Crippen LogP contribution in [0.4, 0.5) is 5.69 Å². The van der Waals surface area contributed by atoms with Gasteiger partial charge in [-0.25, -0.2) is 0 Å². The summed E-state index contributed by atoms with van der Waals surface area (Å²) in [6.45, 7) is 3.56. The standard InChI is InChI=1S/C20H23NO4/c1-13-9-15(7-8-16(13)21)25-18-12-24-19-17(11-23-20(18)19)22-10-14-5-3-2-4-6-14/h2-9,17-20H,10-12,21H2,1H3/t17-,18-,19-,20-/m1/s1. The van der Waals surface area contributed by atoms with Gasteiger partial charge in [-0.05, 0) is 36.2 Å². The second-order valence-corrected chi connectivity index (χ2v) is 6.61. The molecule has 2 fully saturated rings. The average molecular weight is 341 g/mol. The Morgan fingerprint density at radius 3 is 2.48 bits per heavy atom. The number of aryl methyl sites for hydroxylation is 1. The van der Waals surface area contributed by atoms with Crippen LogP contribution in [-0.2, 0) is 20.8 Å². The van der Waals surface area contributed by atoms with Crippen LogP contribution >= 0.6 is 0 Å². The Balaban J connectivity index is 1.35. The van der Waals surface area contributed by atoms with E-state index in [4.69, 9.17) is 24.7 Å². The van der Waals surface area contributed by atoms with Crippen molar-refractivity contribution < 1.29 is 18.9 Å². The van der Waals surface area contributed by atoms with Crippen molar-refractivity contribution in [3.05, 3.63) is 59.7 Å². The second kappa shape index (κ2) is 7.04. The highest BCUT2D eigenvalue weighted by Gasteiger charge is 2.49. The van der Waals surface area contributed by atoms with Crippen LogP contribution in [-0.4, -0.2) is 37.6 Å². The Morgan fingerprint density at radius 2 is 1.72 bits per heavy atom. The van der Waals surface area contributed by atoms with Gasteiger partial charge in [0.05, 0.1) is 19.8 Å². The molecule has 0 unspecified atom stereocenters. The van der Waals surface area contributed by atoms with Crippen LogP contribution in [0.5, 0.6) is 5.75 Å². The summed E-state index contributed by atoms with van der Waals surface area (Å²) in [5.41, 5.74) is 8.78. The van der Waals surface area contributed by atoms with E-state index in [1.54, 1.807) is 0 Å². The van der Waals surface area contributed by atoms with Crippen molar-refractivity contribution >= 4 is 5.69 Å². The van der Waals surface area contributed by atoms with Crippen molar-refractivity contribution in [3.63, 3.8) is 0 Å². The van der Waals surface area contributed by atoms with Crippen LogP contribution in [0.15, 0.2) is 48.5 Å². The van der Waals surface area contributed by atoms with Crippen LogP contribution in [0.3, 0.4) is 0 Å². The van der Waals surface area contributed by atoms with Crippen LogP contribution in [0.1, 0.15) is 11.1 Å². The number of nitrogens with two attached hydrogens (primary N) is 1. The van der Waals surface area contributed by atoms with Crippen LogP contribution in [0.25, 0.3) is 0 Å². The predicted molar refractivity (Wildman–Crippen MR) is 94.5 cm³/mol. The molecule has 4 atom stereocenters. The first-order chi connectivity index (χ1) is 12.2. The lowest BCUT2D eigenvalue weighted by Gasteiger charge is -2.18. The fourth-order valence-electron chi connectivity index (χ4n) is 3.35. The fraction of sp³-hybridized carbons (Fsp3) is 0.400. The Bertz CT molecular complexity index is 721. The summed E-state index contributed by atoms with van der Waals surface area (Å²) in [6.07, 6.45) is -0.368. The van der Waals surface area contributed by atoms with Gasteiger partial charge in [0.2, 0.25) is 0 Å². The second-order valence-electron chi connectivity index (χ2n) is 6.61. The van der Waals surface area contributed by atoms with Gasteiger partial charge in [0.1, 0.15) is 24.1 Å². The molecule has 0 aliphatic carbocycles. The quantitative estimate of drug-likeness (QED) is 0.847. The maximum absolute atomic E-state index is 6.08. The molecule has 5 nitrogen and oxygen atoms in total. The summed E-state index contributed by atoms with van der Waals surface area (Å²) in [6, 6.07) is 15.8. The minimum absolute atomic E-state index is 0.0630. The number of benzene rings is 2. The van der Waals surface area contributed by atoms with Gasteiger partial charge in [-0.2, -0.15) is 0 Å². The highest BCUT2D eigenvalue weighted by Crippen LogP contribution is 2.32. The molecule has 2 aliphatic rings. The Morgan fingerprint density at radius 1 is 1.00 bits per heavy atom. The summed E-state index contributed by atoms with van der Waals surface area (Å²) >= 11 is 0. The van der Waals surface area contributed by atoms with Crippen molar-refractivity contribution in [1.29, 1.82) is 0 Å². The molecule has 2 aromatic rings. The van der Waals surface area contributed by atoms with Gasteiger partial charge >= 0.3 is 0 Å². The van der Waals surface area contributed by atoms with Crippen molar-refractivity contribution in [1.82, 2.24) is 0 Å². The third kappa shape index (κ3) is 3.49. The number of fused-ring (bicyclic) bond motifs is 1. The number of hydrogen-bond acceptors (Lipinski definition) is 5. The third-order valence-electron chi connectivity index (χ3n) is 4.80. The Labute approximate surface area is 147 Å². The van der Waals surface area contributed by atoms with Gasteiger partial charge in [-0.1, -0.05) is 30.3 Å². The molecule has 0 saturated carbocycles. The van der Waals surface area contributed by atoms with E-state index in [2.05, 4.69) is 12.1 Å². The SMILES string of the molecule is Cc1cc(O[C@@H]2CO[C@H]3[C@@H]2OC[C@H]3OCc2ccccc2)ccc1N. The molecular weight excluding hydrogens is 318 g/mol. The number of rotatable bonds is 5. The first kappa shape index (κ1) is 16.4. The Hall–Kier alpha value is -2.08. The van der Waals surface area contributed by atoms with E-state index >= 15 is 0 Å². The normalized spacial score (nSPS) is 28.0. The van der Waals surface area contributed by atoms with Crippen molar-refractivity contribution in [3.8, 4) is 5.75 Å². The smallest absolute Gasteiger partial charge is 0.151 e. The third-order valence-corrected chi connectivity index (χ3v) is 4.80. The molecular formula is C20H23NO4. The molecule has 2 heterocycles. The average Bonchev–Trinajstić information content (AvgIpc) is 3.20. The molecule has 2 saturated heterocycles. The summed E-state index contributed by atoms with van der Waals surface area (Å²) in [5.74, 6) is 0.790. The van der Waals surface area contributed by atoms with E-state index < -0.39 is 0 Å². The van der Waals surface area contributed by atoms with Crippen LogP contribution < -0.4 is 10.5 Å². The molecule has 2 aliphatic heterocycles. The van der Waals surface area contributed by atoms with Gasteiger partial charge < -0.3 is 24.7 Å². The number of anilines is 1. The number of ether oxygens (including phenoxy) is 4. The molecule has 25 heavy (non-hydrogen) atoms. The number of nitrogen functional groups attached to an aromatic ring is 1. The molecule has 2 aromatic carbocycles. The van der Waals surface area contributed by atoms with Crippen LogP contribution in [0, 0.1) is 6.92 Å². The molecule has 2 N–H and O–H groups in total. The Kier molecular flexibility index (Phi) is 4.61. The van der Waals surface area contributed by atoms with Gasteiger partial charge in [-0.3, -0.25) is 0 Å². The zero-order valence-electron chi connectivity index (χ0n) is 14.3. The van der Waals surface area contributed by atoms with Crippen molar-refractivity contribution in [2.75, 3.05) is 18.9 Å². The van der Waals surface area contributed by atoms with Gasteiger partial charge in [0.25, 0.3) is 0 Å². The lowest BCUT2D eigenvalue weighted by molar-refractivity contribution is -0.0425. The van der Waals surface area contributed by atoms with E-state index in [0.717, 1.165) is 22.6 Å². The molecule has 0 amide bonds. The molecule has 0 bridgehead atoms. The van der Waals surface area contributed by atoms with Crippen molar-refractivity contribution in [2.45, 2.75) is 37.9 Å². The first-order valence-corrected chi connectivity index (χ1v) is 8.62. The highest BCUT2D eigenvalue weighted by molar-refractivity contribution is 5.49. The van der Waals surface area contributed by atoms with E-state index in [9.17, 15) is 0 Å². The maximum Gasteiger partial charge on any atom is 0.151 e. The summed E-state index contributed by atoms with van der Waals surface area (Å²) in [7, 11) is 0. The van der Waals surface area contributed by atoms with E-state index in [0.29, 0.717) is 19.8 Å². The fourth-order valence-corrected chi connectivity index (χ4v) is 3.35. The molecule has 0 radical (unpaired) electrons. The minimum atomic E-state index is -0.127. The maximum atomic E-state index is 6.08. The largest absolute Gasteiger partial charge is 0.485 e. The number of hydrogen-bond donors (Lipinski definition) is 1. The van der Waals surface area contributed by atoms with Crippen molar-refractivity contribution in [2.24, 2.45) is 0 Å². The molecule has 4 rings (SSSR count). The molecule has 0 aromatic heterocycles. The topological polar surface area (TPSA) is 62.9 Å². The van der Waals surface area contributed by atoms with Gasteiger partial charge in [0, 0.05) is 5.69 Å². The molecule has 0 spiro atoms. The zero-order chi connectivity index (χ0) is 17.2. The van der Waals surface area contributed by atoms with E-state index in [-0.39, 0.29) is 24.4 Å². The van der Waals surface area contributed by atoms with E-state index in [1.165, 1.54) is 0 Å². The monoisotopic (exact) mass is 341 g/mol. The molecule has 5 heteroatoms. The van der Waals surface area contributed by atoms with Gasteiger partial charge in [0.15, 0.2) is 6.10 Å². The molecule has 132 valence electrons.